The molecule has 1 heterocycles. The molecule has 1 fully saturated rings. The van der Waals surface area contributed by atoms with E-state index in [4.69, 9.17) is 0 Å². The lowest BCUT2D eigenvalue weighted by Crippen LogP contribution is -2.51. The maximum Gasteiger partial charge on any atom is 0.250 e. The lowest BCUT2D eigenvalue weighted by Gasteiger charge is -2.38. The molecular weight excluding hydrogens is 334 g/mol. The summed E-state index contributed by atoms with van der Waals surface area (Å²) in [5.41, 5.74) is -0.310. The zero-order chi connectivity index (χ0) is 13.2. The molecule has 102 valence electrons. The van der Waals surface area contributed by atoms with E-state index in [2.05, 4.69) is 27.6 Å². The fourth-order valence-electron chi connectivity index (χ4n) is 2.33. The van der Waals surface area contributed by atoms with Gasteiger partial charge in [-0.3, -0.25) is 0 Å². The molecule has 0 unspecified atom stereocenters. The van der Waals surface area contributed by atoms with Crippen molar-refractivity contribution in [3.05, 3.63) is 17.5 Å². The van der Waals surface area contributed by atoms with Gasteiger partial charge in [-0.2, -0.15) is 0 Å². The highest BCUT2D eigenvalue weighted by molar-refractivity contribution is 9.09. The summed E-state index contributed by atoms with van der Waals surface area (Å²) in [5.74, 6) is 0.698. The highest BCUT2D eigenvalue weighted by atomic mass is 79.9. The van der Waals surface area contributed by atoms with Crippen molar-refractivity contribution in [3.8, 4) is 0 Å². The highest BCUT2D eigenvalue weighted by Gasteiger charge is 2.37. The first kappa shape index (κ1) is 14.5. The van der Waals surface area contributed by atoms with E-state index in [0.29, 0.717) is 15.5 Å². The maximum atomic E-state index is 12.3. The number of alkyl halides is 1. The first-order valence-electron chi connectivity index (χ1n) is 6.11. The molecular formula is C12H18BrNO2S2. The van der Waals surface area contributed by atoms with Gasteiger partial charge in [0.1, 0.15) is 4.21 Å². The average Bonchev–Trinajstić information content (AvgIpc) is 2.87. The summed E-state index contributed by atoms with van der Waals surface area (Å²) >= 11 is 4.74. The molecule has 6 heteroatoms. The molecule has 0 saturated heterocycles. The zero-order valence-corrected chi connectivity index (χ0v) is 13.6. The standard InChI is InChI=1S/C12H18BrNO2S2/c1-10-4-6-12(9-13,7-5-10)14-18(15,16)11-3-2-8-17-11/h2-3,8,10,14H,4-7,9H2,1H3. The van der Waals surface area contributed by atoms with E-state index in [1.807, 2.05) is 0 Å². The summed E-state index contributed by atoms with van der Waals surface area (Å²) in [5, 5.41) is 2.47. The van der Waals surface area contributed by atoms with E-state index in [0.717, 1.165) is 25.7 Å². The van der Waals surface area contributed by atoms with Crippen LogP contribution in [0.25, 0.3) is 0 Å². The Morgan fingerprint density at radius 2 is 2.17 bits per heavy atom. The second-order valence-electron chi connectivity index (χ2n) is 5.13. The Morgan fingerprint density at radius 3 is 2.67 bits per heavy atom. The van der Waals surface area contributed by atoms with E-state index in [9.17, 15) is 8.42 Å². The monoisotopic (exact) mass is 351 g/mol. The van der Waals surface area contributed by atoms with Gasteiger partial charge in [0.25, 0.3) is 10.0 Å². The van der Waals surface area contributed by atoms with E-state index < -0.39 is 10.0 Å². The molecule has 0 aromatic carbocycles. The number of nitrogens with one attached hydrogen (secondary N) is 1. The molecule has 0 radical (unpaired) electrons. The average molecular weight is 352 g/mol. The Bertz CT molecular complexity index is 476. The number of sulfonamides is 1. The predicted molar refractivity (Wildman–Crippen MR) is 78.8 cm³/mol. The van der Waals surface area contributed by atoms with E-state index in [-0.39, 0.29) is 5.54 Å². The minimum Gasteiger partial charge on any atom is -0.206 e. The normalized spacial score (nSPS) is 29.3. The van der Waals surface area contributed by atoms with Gasteiger partial charge in [-0.05, 0) is 43.0 Å². The van der Waals surface area contributed by atoms with Crippen LogP contribution in [0.5, 0.6) is 0 Å². The Kier molecular flexibility index (Phi) is 4.52. The smallest absolute Gasteiger partial charge is 0.206 e. The molecule has 1 aromatic heterocycles. The molecule has 0 bridgehead atoms. The van der Waals surface area contributed by atoms with Crippen molar-refractivity contribution in [2.45, 2.75) is 42.4 Å². The van der Waals surface area contributed by atoms with Crippen molar-refractivity contribution in [2.24, 2.45) is 5.92 Å². The second kappa shape index (κ2) is 5.61. The molecule has 0 amide bonds. The minimum atomic E-state index is -3.37. The van der Waals surface area contributed by atoms with Gasteiger partial charge in [-0.25, -0.2) is 13.1 Å². The molecule has 1 aliphatic carbocycles. The van der Waals surface area contributed by atoms with Crippen LogP contribution in [0, 0.1) is 5.92 Å². The van der Waals surface area contributed by atoms with Crippen LogP contribution < -0.4 is 4.72 Å². The molecule has 1 N–H and O–H groups in total. The largest absolute Gasteiger partial charge is 0.250 e. The first-order chi connectivity index (χ1) is 8.47. The topological polar surface area (TPSA) is 46.2 Å². The van der Waals surface area contributed by atoms with Crippen LogP contribution in [0.15, 0.2) is 21.7 Å². The van der Waals surface area contributed by atoms with Gasteiger partial charge in [0.05, 0.1) is 0 Å². The third-order valence-corrected chi connectivity index (χ3v) is 7.65. The van der Waals surface area contributed by atoms with Gasteiger partial charge in [0, 0.05) is 10.9 Å². The predicted octanol–water partition coefficient (Wildman–Crippen LogP) is 3.37. The maximum absolute atomic E-state index is 12.3. The van der Waals surface area contributed by atoms with Crippen LogP contribution >= 0.6 is 27.3 Å². The molecule has 1 aromatic rings. The third-order valence-electron chi connectivity index (χ3n) is 3.60. The Morgan fingerprint density at radius 1 is 1.50 bits per heavy atom. The number of halogens is 1. The van der Waals surface area contributed by atoms with Crippen molar-refractivity contribution >= 4 is 37.3 Å². The van der Waals surface area contributed by atoms with Crippen molar-refractivity contribution in [3.63, 3.8) is 0 Å². The fraction of sp³-hybridized carbons (Fsp3) is 0.667. The van der Waals surface area contributed by atoms with Crippen molar-refractivity contribution in [2.75, 3.05) is 5.33 Å². The SMILES string of the molecule is CC1CCC(CBr)(NS(=O)(=O)c2cccs2)CC1. The van der Waals surface area contributed by atoms with Gasteiger partial charge < -0.3 is 0 Å². The summed E-state index contributed by atoms with van der Waals surface area (Å²) in [6.07, 6.45) is 3.98. The molecule has 2 rings (SSSR count). The Labute approximate surface area is 121 Å². The fourth-order valence-corrected chi connectivity index (χ4v) is 5.67. The van der Waals surface area contributed by atoms with Crippen molar-refractivity contribution in [1.82, 2.24) is 4.72 Å². The van der Waals surface area contributed by atoms with Crippen LogP contribution in [0.2, 0.25) is 0 Å². The Hall–Kier alpha value is 0.0900. The van der Waals surface area contributed by atoms with Crippen LogP contribution in [-0.4, -0.2) is 19.3 Å². The Balaban J connectivity index is 2.16. The van der Waals surface area contributed by atoms with Gasteiger partial charge in [0.2, 0.25) is 0 Å². The minimum absolute atomic E-state index is 0.310. The van der Waals surface area contributed by atoms with Crippen LogP contribution in [-0.2, 0) is 10.0 Å². The molecule has 1 saturated carbocycles. The van der Waals surface area contributed by atoms with Crippen LogP contribution in [0.3, 0.4) is 0 Å². The van der Waals surface area contributed by atoms with Crippen molar-refractivity contribution < 1.29 is 8.42 Å². The van der Waals surface area contributed by atoms with Gasteiger partial charge in [-0.1, -0.05) is 28.9 Å². The number of rotatable bonds is 4. The molecule has 0 atom stereocenters. The summed E-state index contributed by atoms with van der Waals surface area (Å²) in [4.78, 5) is 0. The van der Waals surface area contributed by atoms with E-state index in [1.165, 1.54) is 11.3 Å². The van der Waals surface area contributed by atoms with Crippen LogP contribution in [0.4, 0.5) is 0 Å². The molecule has 18 heavy (non-hydrogen) atoms. The summed E-state index contributed by atoms with van der Waals surface area (Å²) < 4.78 is 27.9. The summed E-state index contributed by atoms with van der Waals surface area (Å²) in [7, 11) is -3.37. The van der Waals surface area contributed by atoms with E-state index in [1.54, 1.807) is 17.5 Å². The molecule has 0 aliphatic heterocycles. The van der Waals surface area contributed by atoms with Gasteiger partial charge >= 0.3 is 0 Å². The zero-order valence-electron chi connectivity index (χ0n) is 10.4. The van der Waals surface area contributed by atoms with Gasteiger partial charge in [0.15, 0.2) is 0 Å². The third kappa shape index (κ3) is 3.15. The first-order valence-corrected chi connectivity index (χ1v) is 9.59. The van der Waals surface area contributed by atoms with Gasteiger partial charge in [-0.15, -0.1) is 11.3 Å². The van der Waals surface area contributed by atoms with Crippen LogP contribution in [0.1, 0.15) is 32.6 Å². The lowest BCUT2D eigenvalue weighted by molar-refractivity contribution is 0.250. The number of hydrogen-bond donors (Lipinski definition) is 1. The summed E-state index contributed by atoms with van der Waals surface area (Å²) in [6, 6.07) is 3.42. The quantitative estimate of drug-likeness (QED) is 0.845. The molecule has 1 aliphatic rings. The van der Waals surface area contributed by atoms with Crippen molar-refractivity contribution in [1.29, 1.82) is 0 Å². The second-order valence-corrected chi connectivity index (χ2v) is 8.55. The molecule has 0 spiro atoms. The summed E-state index contributed by atoms with van der Waals surface area (Å²) in [6.45, 7) is 2.23. The highest BCUT2D eigenvalue weighted by Crippen LogP contribution is 2.34. The number of hydrogen-bond acceptors (Lipinski definition) is 3. The number of thiophene rings is 1. The molecule has 3 nitrogen and oxygen atoms in total. The lowest BCUT2D eigenvalue weighted by atomic mass is 9.79. The van der Waals surface area contributed by atoms with E-state index >= 15 is 0 Å².